The van der Waals surface area contributed by atoms with Crippen LogP contribution in [0.4, 0.5) is 0 Å². The van der Waals surface area contributed by atoms with Crippen LogP contribution in [0.2, 0.25) is 0 Å². The number of carboxylic acids is 1. The predicted molar refractivity (Wildman–Crippen MR) is 195 cm³/mol. The molecule has 1 heterocycles. The van der Waals surface area contributed by atoms with Gasteiger partial charge in [0.05, 0.1) is 25.9 Å². The van der Waals surface area contributed by atoms with E-state index in [4.69, 9.17) is 16.6 Å². The summed E-state index contributed by atoms with van der Waals surface area (Å²) in [4.78, 5) is 92.3. The maximum atomic E-state index is 14.0. The van der Waals surface area contributed by atoms with Gasteiger partial charge < -0.3 is 68.5 Å². The van der Waals surface area contributed by atoms with E-state index in [2.05, 4.69) is 21.3 Å². The number of hydrogen-bond acceptors (Lipinski definition) is 13. The van der Waals surface area contributed by atoms with Crippen LogP contribution in [0, 0.1) is 5.92 Å². The van der Waals surface area contributed by atoms with Gasteiger partial charge in [0, 0.05) is 6.54 Å². The minimum Gasteiger partial charge on any atom is -0.508 e. The molecular formula is C35H56N8O12. The number of benzene rings is 1. The first kappa shape index (κ1) is 46.3. The number of nitrogens with one attached hydrogen (secondary N) is 5. The van der Waals surface area contributed by atoms with Crippen LogP contribution in [-0.2, 0) is 40.0 Å². The zero-order chi connectivity index (χ0) is 41.2. The van der Waals surface area contributed by atoms with E-state index >= 15 is 0 Å². The molecule has 8 atom stereocenters. The zero-order valence-electron chi connectivity index (χ0n) is 31.1. The number of phenolic OH excluding ortho intramolecular Hbond substituents is 1. The molecule has 1 aliphatic heterocycles. The first-order chi connectivity index (χ1) is 26.1. The van der Waals surface area contributed by atoms with Crippen molar-refractivity contribution < 1.29 is 59.1 Å². The fourth-order valence-electron chi connectivity index (χ4n) is 5.82. The standard InChI is InChI=1S/C35H56N8O12/c1-3-19(2)28(42-32(51)25(17-45)39-29(48)22(37)15-20-9-11-21(47)12-10-20)34(53)43-14-6-8-27(43)33(52)38-23(7-4-5-13-36)30(49)40-24(16-44)31(50)41-26(18-46)35(54)55/h9-12,19,22-28,44-47H,3-8,13-18,36-37H2,1-2H3,(H,38,52)(H,39,48)(H,40,49)(H,41,50)(H,42,51)(H,54,55)/t19-,22-,23-,24-,25-,26-,27-,28-/m0/s1. The number of nitrogens with zero attached hydrogens (tertiary/aromatic N) is 1. The quantitative estimate of drug-likeness (QED) is 0.0470. The summed E-state index contributed by atoms with van der Waals surface area (Å²) in [7, 11) is 0. The van der Waals surface area contributed by atoms with E-state index in [1.165, 1.54) is 17.0 Å². The van der Waals surface area contributed by atoms with Crippen LogP contribution >= 0.6 is 0 Å². The van der Waals surface area contributed by atoms with E-state index in [0.29, 0.717) is 31.2 Å². The summed E-state index contributed by atoms with van der Waals surface area (Å²) in [5.41, 5.74) is 12.3. The van der Waals surface area contributed by atoms with E-state index in [9.17, 15) is 54.0 Å². The van der Waals surface area contributed by atoms with Gasteiger partial charge in [-0.25, -0.2) is 4.79 Å². The lowest BCUT2D eigenvalue weighted by Gasteiger charge is -2.33. The third kappa shape index (κ3) is 14.0. The fourth-order valence-corrected chi connectivity index (χ4v) is 5.82. The van der Waals surface area contributed by atoms with Crippen LogP contribution in [-0.4, -0.2) is 147 Å². The first-order valence-corrected chi connectivity index (χ1v) is 18.2. The van der Waals surface area contributed by atoms with Crippen molar-refractivity contribution in [2.45, 2.75) is 101 Å². The lowest BCUT2D eigenvalue weighted by atomic mass is 9.96. The van der Waals surface area contributed by atoms with Gasteiger partial charge in [0.2, 0.25) is 35.4 Å². The van der Waals surface area contributed by atoms with E-state index in [0.717, 1.165) is 0 Å². The molecule has 1 saturated heterocycles. The highest BCUT2D eigenvalue weighted by molar-refractivity contribution is 5.97. The van der Waals surface area contributed by atoms with Gasteiger partial charge in [-0.15, -0.1) is 0 Å². The molecule has 0 spiro atoms. The van der Waals surface area contributed by atoms with Gasteiger partial charge >= 0.3 is 5.97 Å². The predicted octanol–water partition coefficient (Wildman–Crippen LogP) is -4.09. The number of carboxylic acid groups (broad SMARTS) is 1. The van der Waals surface area contributed by atoms with Crippen molar-refractivity contribution in [1.82, 2.24) is 31.5 Å². The Kier molecular flexibility index (Phi) is 19.5. The summed E-state index contributed by atoms with van der Waals surface area (Å²) in [5.74, 6) is -6.85. The molecule has 0 aromatic heterocycles. The molecule has 0 radical (unpaired) electrons. The van der Waals surface area contributed by atoms with Gasteiger partial charge in [-0.1, -0.05) is 32.4 Å². The maximum Gasteiger partial charge on any atom is 0.328 e. The van der Waals surface area contributed by atoms with Crippen molar-refractivity contribution in [3.05, 3.63) is 29.8 Å². The van der Waals surface area contributed by atoms with Crippen molar-refractivity contribution in [3.8, 4) is 5.75 Å². The van der Waals surface area contributed by atoms with Crippen LogP contribution in [0.3, 0.4) is 0 Å². The number of aliphatic hydroxyl groups is 3. The summed E-state index contributed by atoms with van der Waals surface area (Å²) in [6.07, 6.45) is 2.02. The second kappa shape index (κ2) is 23.1. The fraction of sp³-hybridized carbons (Fsp3) is 0.629. The number of phenols is 1. The largest absolute Gasteiger partial charge is 0.508 e. The topological polar surface area (TPSA) is 336 Å². The molecule has 0 unspecified atom stereocenters. The molecule has 1 aromatic rings. The third-order valence-electron chi connectivity index (χ3n) is 9.35. The average molecular weight is 781 g/mol. The number of rotatable bonds is 23. The molecule has 6 amide bonds. The lowest BCUT2D eigenvalue weighted by Crippen LogP contribution is -2.61. The van der Waals surface area contributed by atoms with Crippen LogP contribution in [0.25, 0.3) is 0 Å². The molecule has 55 heavy (non-hydrogen) atoms. The SMILES string of the molecule is CC[C@H](C)[C@H](NC(=O)[C@H](CO)NC(=O)[C@@H](N)Cc1ccc(O)cc1)C(=O)N1CCC[C@H]1C(=O)N[C@@H](CCCCN)C(=O)N[C@@H](CO)C(=O)N[C@@H](CO)C(=O)O. The summed E-state index contributed by atoms with van der Waals surface area (Å²) < 4.78 is 0. The van der Waals surface area contributed by atoms with Crippen molar-refractivity contribution in [2.24, 2.45) is 17.4 Å². The molecule has 20 nitrogen and oxygen atoms in total. The Hall–Kier alpha value is -4.89. The average Bonchev–Trinajstić information content (AvgIpc) is 3.67. The highest BCUT2D eigenvalue weighted by Crippen LogP contribution is 2.22. The number of hydrogen-bond donors (Lipinski definition) is 12. The van der Waals surface area contributed by atoms with Crippen molar-refractivity contribution in [3.63, 3.8) is 0 Å². The molecule has 1 aliphatic rings. The highest BCUT2D eigenvalue weighted by atomic mass is 16.4. The molecule has 0 bridgehead atoms. The number of carbonyl (C=O) groups is 7. The molecule has 14 N–H and O–H groups in total. The van der Waals surface area contributed by atoms with E-state index in [1.807, 2.05) is 5.32 Å². The summed E-state index contributed by atoms with van der Waals surface area (Å²) in [6, 6.07) is -3.36. The molecule has 0 saturated carbocycles. The maximum absolute atomic E-state index is 14.0. The summed E-state index contributed by atoms with van der Waals surface area (Å²) in [5, 5.41) is 59.5. The summed E-state index contributed by atoms with van der Waals surface area (Å²) in [6.45, 7) is 1.22. The number of amides is 6. The molecular weight excluding hydrogens is 724 g/mol. The molecule has 1 aromatic carbocycles. The van der Waals surface area contributed by atoms with Gasteiger partial charge in [-0.2, -0.15) is 0 Å². The monoisotopic (exact) mass is 780 g/mol. The Labute approximate surface area is 318 Å². The second-order valence-corrected chi connectivity index (χ2v) is 13.5. The molecule has 2 rings (SSSR count). The van der Waals surface area contributed by atoms with E-state index in [1.54, 1.807) is 26.0 Å². The van der Waals surface area contributed by atoms with Gasteiger partial charge in [0.25, 0.3) is 0 Å². The Balaban J connectivity index is 2.18. The Morgan fingerprint density at radius 1 is 0.800 bits per heavy atom. The lowest BCUT2D eigenvalue weighted by molar-refractivity contribution is -0.144. The minimum absolute atomic E-state index is 0.0330. The third-order valence-corrected chi connectivity index (χ3v) is 9.35. The number of carbonyl (C=O) groups excluding carboxylic acids is 6. The van der Waals surface area contributed by atoms with Crippen LogP contribution in [0.5, 0.6) is 5.75 Å². The number of likely N-dealkylation sites (tertiary alicyclic amines) is 1. The number of aliphatic carboxylic acids is 1. The Morgan fingerprint density at radius 3 is 1.89 bits per heavy atom. The van der Waals surface area contributed by atoms with Crippen LogP contribution in [0.1, 0.15) is 57.9 Å². The van der Waals surface area contributed by atoms with Crippen molar-refractivity contribution in [2.75, 3.05) is 32.9 Å². The zero-order valence-corrected chi connectivity index (χ0v) is 31.1. The van der Waals surface area contributed by atoms with Crippen LogP contribution < -0.4 is 38.1 Å². The number of aromatic hydroxyl groups is 1. The Morgan fingerprint density at radius 2 is 1.35 bits per heavy atom. The molecule has 1 fully saturated rings. The number of unbranched alkanes of at least 4 members (excludes halogenated alkanes) is 1. The molecule has 308 valence electrons. The van der Waals surface area contributed by atoms with Gasteiger partial charge in [-0.3, -0.25) is 28.8 Å². The smallest absolute Gasteiger partial charge is 0.328 e. The van der Waals surface area contributed by atoms with Crippen molar-refractivity contribution >= 4 is 41.4 Å². The second-order valence-electron chi connectivity index (χ2n) is 13.5. The van der Waals surface area contributed by atoms with Gasteiger partial charge in [0.15, 0.2) is 0 Å². The normalized spacial score (nSPS) is 17.7. The molecule has 0 aliphatic carbocycles. The number of aliphatic hydroxyl groups excluding tert-OH is 3. The van der Waals surface area contributed by atoms with Crippen LogP contribution in [0.15, 0.2) is 24.3 Å². The first-order valence-electron chi connectivity index (χ1n) is 18.2. The highest BCUT2D eigenvalue weighted by Gasteiger charge is 2.41. The molecule has 20 heteroatoms. The van der Waals surface area contributed by atoms with E-state index in [-0.39, 0.29) is 38.1 Å². The Bertz CT molecular complexity index is 1470. The van der Waals surface area contributed by atoms with Gasteiger partial charge in [-0.05, 0) is 68.7 Å². The number of nitrogens with two attached hydrogens (primary N) is 2. The summed E-state index contributed by atoms with van der Waals surface area (Å²) >= 11 is 0. The van der Waals surface area contributed by atoms with Gasteiger partial charge in [0.1, 0.15) is 42.0 Å². The van der Waals surface area contributed by atoms with E-state index < -0.39 is 109 Å². The minimum atomic E-state index is -1.69. The van der Waals surface area contributed by atoms with Crippen molar-refractivity contribution in [1.29, 1.82) is 0 Å².